The van der Waals surface area contributed by atoms with Crippen molar-refractivity contribution < 1.29 is 8.42 Å². The minimum atomic E-state index is -3.38. The highest BCUT2D eigenvalue weighted by atomic mass is 32.2. The second-order valence-electron chi connectivity index (χ2n) is 4.68. The number of aryl methyl sites for hydroxylation is 1. The third-order valence-corrected chi connectivity index (χ3v) is 5.04. The summed E-state index contributed by atoms with van der Waals surface area (Å²) in [6.45, 7) is 2.19. The van der Waals surface area contributed by atoms with Gasteiger partial charge in [-0.25, -0.2) is 8.42 Å². The maximum absolute atomic E-state index is 12.5. The molecule has 0 saturated heterocycles. The van der Waals surface area contributed by atoms with Gasteiger partial charge in [-0.3, -0.25) is 9.29 Å². The number of sulfonamides is 1. The van der Waals surface area contributed by atoms with Crippen molar-refractivity contribution in [1.29, 1.82) is 0 Å². The highest BCUT2D eigenvalue weighted by molar-refractivity contribution is 7.92. The number of nitrogen functional groups attached to an aromatic ring is 1. The molecule has 1 aromatic heterocycles. The molecule has 6 heteroatoms. The molecule has 0 spiro atoms. The first-order valence-corrected chi connectivity index (χ1v) is 8.38. The number of nitrogens with zero attached hydrogens (tertiary/aromatic N) is 2. The highest BCUT2D eigenvalue weighted by Crippen LogP contribution is 2.21. The lowest BCUT2D eigenvalue weighted by molar-refractivity contribution is 0.591. The fraction of sp³-hybridized carbons (Fsp3) is 0.267. The maximum Gasteiger partial charge on any atom is 0.235 e. The summed E-state index contributed by atoms with van der Waals surface area (Å²) in [5, 5.41) is 0. The number of pyridine rings is 1. The molecule has 2 N–H and O–H groups in total. The van der Waals surface area contributed by atoms with Crippen molar-refractivity contribution in [3.05, 3.63) is 54.4 Å². The van der Waals surface area contributed by atoms with Crippen LogP contribution in [0.2, 0.25) is 0 Å². The summed E-state index contributed by atoms with van der Waals surface area (Å²) in [5.41, 5.74) is 7.84. The summed E-state index contributed by atoms with van der Waals surface area (Å²) in [6.07, 6.45) is 3.79. The van der Waals surface area contributed by atoms with Crippen LogP contribution in [0.15, 0.2) is 48.8 Å². The molecule has 2 aromatic rings. The Kier molecular flexibility index (Phi) is 4.80. The molecule has 21 heavy (non-hydrogen) atoms. The van der Waals surface area contributed by atoms with Crippen LogP contribution >= 0.6 is 0 Å². The van der Waals surface area contributed by atoms with Gasteiger partial charge in [-0.05, 0) is 49.2 Å². The van der Waals surface area contributed by atoms with Gasteiger partial charge in [0.25, 0.3) is 0 Å². The van der Waals surface area contributed by atoms with Crippen molar-refractivity contribution in [3.8, 4) is 0 Å². The van der Waals surface area contributed by atoms with Crippen molar-refractivity contribution >= 4 is 21.4 Å². The zero-order valence-corrected chi connectivity index (χ0v) is 12.8. The van der Waals surface area contributed by atoms with Crippen molar-refractivity contribution in [3.63, 3.8) is 0 Å². The van der Waals surface area contributed by atoms with E-state index >= 15 is 0 Å². The predicted octanol–water partition coefficient (Wildman–Crippen LogP) is 2.06. The average Bonchev–Trinajstić information content (AvgIpc) is 2.47. The van der Waals surface area contributed by atoms with E-state index in [1.807, 2.05) is 19.1 Å². The molecule has 0 aliphatic rings. The van der Waals surface area contributed by atoms with Gasteiger partial charge in [0, 0.05) is 24.6 Å². The number of nitrogens with two attached hydrogens (primary N) is 1. The van der Waals surface area contributed by atoms with Crippen LogP contribution < -0.4 is 10.0 Å². The third-order valence-electron chi connectivity index (χ3n) is 3.18. The third kappa shape index (κ3) is 3.95. The van der Waals surface area contributed by atoms with E-state index in [4.69, 9.17) is 5.73 Å². The molecule has 0 atom stereocenters. The molecule has 1 aromatic carbocycles. The predicted molar refractivity (Wildman–Crippen MR) is 85.6 cm³/mol. The molecule has 0 bridgehead atoms. The molecule has 0 radical (unpaired) electrons. The summed E-state index contributed by atoms with van der Waals surface area (Å²) >= 11 is 0. The molecular formula is C15H19N3O2S. The van der Waals surface area contributed by atoms with Crippen LogP contribution in [0.5, 0.6) is 0 Å². The Labute approximate surface area is 125 Å². The van der Waals surface area contributed by atoms with E-state index in [9.17, 15) is 8.42 Å². The van der Waals surface area contributed by atoms with E-state index in [1.54, 1.807) is 36.7 Å². The average molecular weight is 305 g/mol. The molecule has 0 amide bonds. The van der Waals surface area contributed by atoms with Crippen molar-refractivity contribution in [2.24, 2.45) is 0 Å². The van der Waals surface area contributed by atoms with Crippen molar-refractivity contribution in [1.82, 2.24) is 4.98 Å². The molecule has 0 fully saturated rings. The number of rotatable bonds is 6. The fourth-order valence-electron chi connectivity index (χ4n) is 2.13. The minimum Gasteiger partial charge on any atom is -0.399 e. The molecule has 0 unspecified atom stereocenters. The topological polar surface area (TPSA) is 76.3 Å². The van der Waals surface area contributed by atoms with Crippen molar-refractivity contribution in [2.75, 3.05) is 22.3 Å². The Morgan fingerprint density at radius 1 is 1.19 bits per heavy atom. The van der Waals surface area contributed by atoms with Crippen LogP contribution in [-0.4, -0.2) is 25.7 Å². The molecule has 0 aliphatic heterocycles. The summed E-state index contributed by atoms with van der Waals surface area (Å²) < 4.78 is 26.4. The first-order valence-electron chi connectivity index (χ1n) is 6.78. The monoisotopic (exact) mass is 305 g/mol. The Bertz CT molecular complexity index is 687. The van der Waals surface area contributed by atoms with E-state index in [2.05, 4.69) is 4.98 Å². The first kappa shape index (κ1) is 15.3. The number of hydrogen-bond donors (Lipinski definition) is 1. The molecule has 112 valence electrons. The molecule has 5 nitrogen and oxygen atoms in total. The van der Waals surface area contributed by atoms with E-state index in [-0.39, 0.29) is 5.75 Å². The largest absolute Gasteiger partial charge is 0.399 e. The zero-order chi connectivity index (χ0) is 15.3. The lowest BCUT2D eigenvalue weighted by Crippen LogP contribution is -2.33. The van der Waals surface area contributed by atoms with Crippen LogP contribution in [0.25, 0.3) is 0 Å². The quantitative estimate of drug-likeness (QED) is 0.829. The summed E-state index contributed by atoms with van der Waals surface area (Å²) in [7, 11) is -3.38. The van der Waals surface area contributed by atoms with Gasteiger partial charge in [-0.2, -0.15) is 0 Å². The lowest BCUT2D eigenvalue weighted by atomic mass is 10.2. The Balaban J connectivity index is 2.16. The Morgan fingerprint density at radius 2 is 1.90 bits per heavy atom. The standard InChI is InChI=1S/C15H19N3O2S/c1-2-18(15-5-3-4-14(16)12-15)21(19,20)11-8-13-6-9-17-10-7-13/h3-7,9-10,12H,2,8,11,16H2,1H3. The van der Waals surface area contributed by atoms with Gasteiger partial charge in [0.05, 0.1) is 11.4 Å². The van der Waals surface area contributed by atoms with Crippen LogP contribution in [0.4, 0.5) is 11.4 Å². The second-order valence-corrected chi connectivity index (χ2v) is 6.69. The van der Waals surface area contributed by atoms with Gasteiger partial charge in [0.1, 0.15) is 0 Å². The molecule has 1 heterocycles. The van der Waals surface area contributed by atoms with Gasteiger partial charge in [0.2, 0.25) is 10.0 Å². The lowest BCUT2D eigenvalue weighted by Gasteiger charge is -2.23. The van der Waals surface area contributed by atoms with E-state index in [0.717, 1.165) is 5.56 Å². The van der Waals surface area contributed by atoms with Crippen LogP contribution in [0.1, 0.15) is 12.5 Å². The zero-order valence-electron chi connectivity index (χ0n) is 11.9. The van der Waals surface area contributed by atoms with Gasteiger partial charge in [-0.1, -0.05) is 6.07 Å². The number of anilines is 2. The summed E-state index contributed by atoms with van der Waals surface area (Å²) in [6, 6.07) is 10.6. The van der Waals surface area contributed by atoms with Gasteiger partial charge in [0.15, 0.2) is 0 Å². The van der Waals surface area contributed by atoms with Gasteiger partial charge >= 0.3 is 0 Å². The number of aromatic nitrogens is 1. The van der Waals surface area contributed by atoms with E-state index < -0.39 is 10.0 Å². The van der Waals surface area contributed by atoms with E-state index in [0.29, 0.717) is 24.3 Å². The minimum absolute atomic E-state index is 0.0552. The first-order chi connectivity index (χ1) is 10.0. The van der Waals surface area contributed by atoms with Gasteiger partial charge < -0.3 is 5.73 Å². The van der Waals surface area contributed by atoms with E-state index in [1.165, 1.54) is 4.31 Å². The highest BCUT2D eigenvalue weighted by Gasteiger charge is 2.20. The summed E-state index contributed by atoms with van der Waals surface area (Å²) in [5.74, 6) is 0.0552. The molecule has 0 saturated carbocycles. The Morgan fingerprint density at radius 3 is 2.52 bits per heavy atom. The summed E-state index contributed by atoms with van der Waals surface area (Å²) in [4.78, 5) is 3.92. The Hall–Kier alpha value is -2.08. The number of hydrogen-bond acceptors (Lipinski definition) is 4. The van der Waals surface area contributed by atoms with Crippen LogP contribution in [0.3, 0.4) is 0 Å². The van der Waals surface area contributed by atoms with Crippen LogP contribution in [0, 0.1) is 0 Å². The second kappa shape index (κ2) is 6.58. The molecule has 0 aliphatic carbocycles. The number of benzene rings is 1. The smallest absolute Gasteiger partial charge is 0.235 e. The fourth-order valence-corrected chi connectivity index (χ4v) is 3.67. The maximum atomic E-state index is 12.5. The van der Waals surface area contributed by atoms with Crippen LogP contribution in [-0.2, 0) is 16.4 Å². The molecule has 2 rings (SSSR count). The normalized spacial score (nSPS) is 11.3. The molecular weight excluding hydrogens is 286 g/mol. The SMILES string of the molecule is CCN(c1cccc(N)c1)S(=O)(=O)CCc1ccncc1. The van der Waals surface area contributed by atoms with Gasteiger partial charge in [-0.15, -0.1) is 0 Å². The van der Waals surface area contributed by atoms with Crippen molar-refractivity contribution in [2.45, 2.75) is 13.3 Å².